The Morgan fingerprint density at radius 1 is 1.13 bits per heavy atom. The SMILES string of the molecule is COc1ccc(N2C(=S)N[C@H](c3ccccn3)[C@@H]2c2ccc(-c3ccc(C(=O)O)cc3)o2)cc1NS(C)(=O)=O. The van der Waals surface area contributed by atoms with Gasteiger partial charge in [0.2, 0.25) is 10.0 Å². The monoisotopic (exact) mass is 564 g/mol. The van der Waals surface area contributed by atoms with Crippen LogP contribution in [0, 0.1) is 0 Å². The normalized spacial score (nSPS) is 17.1. The number of carbonyl (C=O) groups is 1. The van der Waals surface area contributed by atoms with Crippen LogP contribution in [0.3, 0.4) is 0 Å². The first kappa shape index (κ1) is 26.2. The van der Waals surface area contributed by atoms with Crippen LogP contribution in [0.1, 0.15) is 33.9 Å². The minimum Gasteiger partial charge on any atom is -0.495 e. The van der Waals surface area contributed by atoms with Gasteiger partial charge in [-0.05, 0) is 66.8 Å². The van der Waals surface area contributed by atoms with E-state index in [4.69, 9.17) is 21.4 Å². The summed E-state index contributed by atoms with van der Waals surface area (Å²) in [5.74, 6) is 0.466. The van der Waals surface area contributed by atoms with Crippen LogP contribution in [0.4, 0.5) is 11.4 Å². The van der Waals surface area contributed by atoms with E-state index in [9.17, 15) is 18.3 Å². The van der Waals surface area contributed by atoms with Gasteiger partial charge >= 0.3 is 5.97 Å². The summed E-state index contributed by atoms with van der Waals surface area (Å²) in [5.41, 5.74) is 2.49. The van der Waals surface area contributed by atoms with Crippen molar-refractivity contribution in [1.82, 2.24) is 10.3 Å². The molecule has 0 amide bonds. The fraction of sp³-hybridized carbons (Fsp3) is 0.148. The van der Waals surface area contributed by atoms with Crippen LogP contribution in [-0.4, -0.2) is 43.0 Å². The number of nitrogens with zero attached hydrogens (tertiary/aromatic N) is 2. The molecule has 3 heterocycles. The Morgan fingerprint density at radius 2 is 1.90 bits per heavy atom. The van der Waals surface area contributed by atoms with Crippen molar-refractivity contribution >= 4 is 44.7 Å². The van der Waals surface area contributed by atoms with E-state index in [-0.39, 0.29) is 17.3 Å². The second-order valence-corrected chi connectivity index (χ2v) is 11.0. The predicted octanol–water partition coefficient (Wildman–Crippen LogP) is 4.60. The highest BCUT2D eigenvalue weighted by Crippen LogP contribution is 2.44. The molecule has 0 bridgehead atoms. The zero-order valence-electron chi connectivity index (χ0n) is 20.9. The molecule has 0 spiro atoms. The molecule has 1 saturated heterocycles. The van der Waals surface area contributed by atoms with Crippen molar-refractivity contribution in [2.45, 2.75) is 12.1 Å². The third kappa shape index (κ3) is 5.42. The molecule has 1 aliphatic rings. The summed E-state index contributed by atoms with van der Waals surface area (Å²) in [7, 11) is -2.12. The largest absolute Gasteiger partial charge is 0.495 e. The molecule has 12 heteroatoms. The number of anilines is 2. The smallest absolute Gasteiger partial charge is 0.335 e. The van der Waals surface area contributed by atoms with E-state index in [1.807, 2.05) is 35.2 Å². The van der Waals surface area contributed by atoms with Crippen molar-refractivity contribution in [3.8, 4) is 17.1 Å². The number of rotatable bonds is 8. The molecule has 200 valence electrons. The van der Waals surface area contributed by atoms with Gasteiger partial charge in [-0.3, -0.25) is 9.71 Å². The predicted molar refractivity (Wildman–Crippen MR) is 150 cm³/mol. The number of furan rings is 1. The van der Waals surface area contributed by atoms with E-state index >= 15 is 0 Å². The van der Waals surface area contributed by atoms with Gasteiger partial charge < -0.3 is 24.5 Å². The topological polar surface area (TPSA) is 134 Å². The van der Waals surface area contributed by atoms with Gasteiger partial charge in [0.15, 0.2) is 5.11 Å². The second-order valence-electron chi connectivity index (χ2n) is 8.84. The van der Waals surface area contributed by atoms with Crippen molar-refractivity contribution in [2.24, 2.45) is 0 Å². The standard InChI is InChI=1S/C27H24N4O6S2/c1-36-22-11-10-18(15-20(22)30-39(2,34)35)31-25(24(29-27(31)38)19-5-3-4-14-28-19)23-13-12-21(37-23)16-6-8-17(9-7-16)26(32)33/h3-15,24-25,30H,1-2H3,(H,29,38)(H,32,33)/t24-,25+/m1/s1. The molecule has 5 rings (SSSR count). The summed E-state index contributed by atoms with van der Waals surface area (Å²) in [6, 6.07) is 19.9. The van der Waals surface area contributed by atoms with Crippen LogP contribution >= 0.6 is 12.2 Å². The third-order valence-electron chi connectivity index (χ3n) is 6.19. The highest BCUT2D eigenvalue weighted by molar-refractivity contribution is 7.92. The lowest BCUT2D eigenvalue weighted by Crippen LogP contribution is -2.29. The Kier molecular flexibility index (Phi) is 6.98. The second kappa shape index (κ2) is 10.4. The summed E-state index contributed by atoms with van der Waals surface area (Å²) >= 11 is 5.75. The number of sulfonamides is 1. The van der Waals surface area contributed by atoms with Crippen molar-refractivity contribution in [2.75, 3.05) is 23.0 Å². The number of carboxylic acid groups (broad SMARTS) is 1. The number of nitrogens with one attached hydrogen (secondary N) is 2. The molecular formula is C27H24N4O6S2. The van der Waals surface area contributed by atoms with E-state index in [0.29, 0.717) is 33.6 Å². The number of benzene rings is 2. The number of aromatic nitrogens is 1. The molecule has 10 nitrogen and oxygen atoms in total. The molecule has 0 aliphatic carbocycles. The Hall–Kier alpha value is -4.42. The quantitative estimate of drug-likeness (QED) is 0.261. The lowest BCUT2D eigenvalue weighted by molar-refractivity contribution is 0.0697. The number of aromatic carboxylic acids is 1. The van der Waals surface area contributed by atoms with Gasteiger partial charge in [0.25, 0.3) is 0 Å². The molecule has 0 saturated carbocycles. The number of pyridine rings is 1. The maximum Gasteiger partial charge on any atom is 0.335 e. The average Bonchev–Trinajstić information content (AvgIpc) is 3.53. The first-order chi connectivity index (χ1) is 18.6. The minimum atomic E-state index is -3.58. The van der Waals surface area contributed by atoms with Crippen LogP contribution in [0.5, 0.6) is 5.75 Å². The molecule has 1 fully saturated rings. The fourth-order valence-electron chi connectivity index (χ4n) is 4.49. The van der Waals surface area contributed by atoms with Gasteiger partial charge in [0.05, 0.1) is 36.4 Å². The van der Waals surface area contributed by atoms with Crippen molar-refractivity contribution < 1.29 is 27.5 Å². The van der Waals surface area contributed by atoms with Crippen LogP contribution in [-0.2, 0) is 10.0 Å². The van der Waals surface area contributed by atoms with Gasteiger partial charge in [0, 0.05) is 17.4 Å². The molecule has 0 radical (unpaired) electrons. The Balaban J connectivity index is 1.59. The molecule has 3 N–H and O–H groups in total. The van der Waals surface area contributed by atoms with Gasteiger partial charge in [-0.2, -0.15) is 0 Å². The summed E-state index contributed by atoms with van der Waals surface area (Å²) in [5, 5.41) is 12.9. The van der Waals surface area contributed by atoms with E-state index in [0.717, 1.165) is 11.9 Å². The first-order valence-corrected chi connectivity index (χ1v) is 14.0. The van der Waals surface area contributed by atoms with Crippen molar-refractivity contribution in [3.63, 3.8) is 0 Å². The molecule has 39 heavy (non-hydrogen) atoms. The van der Waals surface area contributed by atoms with Gasteiger partial charge in [-0.15, -0.1) is 0 Å². The number of ether oxygens (including phenoxy) is 1. The number of methoxy groups -OCH3 is 1. The minimum absolute atomic E-state index is 0.176. The molecule has 2 aromatic heterocycles. The van der Waals surface area contributed by atoms with Crippen molar-refractivity contribution in [3.05, 3.63) is 96.0 Å². The lowest BCUT2D eigenvalue weighted by atomic mass is 10.0. The average molecular weight is 565 g/mol. The van der Waals surface area contributed by atoms with E-state index < -0.39 is 22.0 Å². The van der Waals surface area contributed by atoms with E-state index in [1.165, 1.54) is 19.2 Å². The van der Waals surface area contributed by atoms with Crippen molar-refractivity contribution in [1.29, 1.82) is 0 Å². The zero-order valence-corrected chi connectivity index (χ0v) is 22.5. The number of thiocarbonyl (C=S) groups is 1. The maximum atomic E-state index is 12.0. The van der Waals surface area contributed by atoms with E-state index in [1.54, 1.807) is 36.5 Å². The maximum absolute atomic E-state index is 12.0. The van der Waals surface area contributed by atoms with E-state index in [2.05, 4.69) is 15.0 Å². The molecule has 1 aliphatic heterocycles. The van der Waals surface area contributed by atoms with Gasteiger partial charge in [0.1, 0.15) is 23.3 Å². The summed E-state index contributed by atoms with van der Waals surface area (Å²) in [4.78, 5) is 17.6. The lowest BCUT2D eigenvalue weighted by Gasteiger charge is -2.27. The molecular weight excluding hydrogens is 540 g/mol. The molecule has 4 aromatic rings. The summed E-state index contributed by atoms with van der Waals surface area (Å²) in [6.07, 6.45) is 2.76. The Labute approximate surface area is 230 Å². The number of hydrogen-bond donors (Lipinski definition) is 3. The Bertz CT molecular complexity index is 1640. The fourth-order valence-corrected chi connectivity index (χ4v) is 5.40. The van der Waals surface area contributed by atoms with Gasteiger partial charge in [-0.1, -0.05) is 18.2 Å². The molecule has 0 unspecified atom stereocenters. The van der Waals surface area contributed by atoms with Crippen LogP contribution in [0.2, 0.25) is 0 Å². The van der Waals surface area contributed by atoms with Crippen LogP contribution in [0.25, 0.3) is 11.3 Å². The van der Waals surface area contributed by atoms with Gasteiger partial charge in [-0.25, -0.2) is 13.2 Å². The third-order valence-corrected chi connectivity index (χ3v) is 7.09. The summed E-state index contributed by atoms with van der Waals surface area (Å²) < 4.78 is 38.2. The number of carboxylic acids is 1. The highest BCUT2D eigenvalue weighted by atomic mass is 32.2. The number of hydrogen-bond acceptors (Lipinski definition) is 7. The van der Waals surface area contributed by atoms with Crippen LogP contribution < -0.4 is 19.7 Å². The highest BCUT2D eigenvalue weighted by Gasteiger charge is 2.42. The zero-order chi connectivity index (χ0) is 27.7. The summed E-state index contributed by atoms with van der Waals surface area (Å²) in [6.45, 7) is 0. The first-order valence-electron chi connectivity index (χ1n) is 11.7. The molecule has 2 atom stereocenters. The van der Waals surface area contributed by atoms with Crippen LogP contribution in [0.15, 0.2) is 83.4 Å². The Morgan fingerprint density at radius 3 is 2.54 bits per heavy atom. The molecule has 2 aromatic carbocycles.